The zero-order valence-electron chi connectivity index (χ0n) is 18.2. The zero-order chi connectivity index (χ0) is 22.8. The van der Waals surface area contributed by atoms with Gasteiger partial charge in [0.25, 0.3) is 5.91 Å². The summed E-state index contributed by atoms with van der Waals surface area (Å²) in [6.07, 6.45) is 4.38. The molecule has 1 N–H and O–H groups in total. The van der Waals surface area contributed by atoms with Gasteiger partial charge in [-0.1, -0.05) is 48.5 Å². The first-order valence-corrected chi connectivity index (χ1v) is 10.6. The van der Waals surface area contributed by atoms with Crippen molar-refractivity contribution in [2.24, 2.45) is 5.92 Å². The molecule has 1 fully saturated rings. The van der Waals surface area contributed by atoms with Gasteiger partial charge in [0.15, 0.2) is 6.61 Å². The number of para-hydroxylation sites is 1. The van der Waals surface area contributed by atoms with E-state index in [1.807, 2.05) is 54.6 Å². The summed E-state index contributed by atoms with van der Waals surface area (Å²) >= 11 is 0. The summed E-state index contributed by atoms with van der Waals surface area (Å²) < 4.78 is 10.4. The van der Waals surface area contributed by atoms with Crippen LogP contribution >= 0.6 is 0 Å². The van der Waals surface area contributed by atoms with Gasteiger partial charge >= 0.3 is 5.97 Å². The Hall–Kier alpha value is -3.61. The van der Waals surface area contributed by atoms with Crippen LogP contribution in [0.2, 0.25) is 0 Å². The average molecular weight is 437 g/mol. The molecule has 0 spiro atoms. The molecule has 0 aromatic heterocycles. The van der Waals surface area contributed by atoms with Gasteiger partial charge < -0.3 is 19.7 Å². The fourth-order valence-corrected chi connectivity index (χ4v) is 3.52. The minimum absolute atomic E-state index is 0.0728. The third-order valence-corrected chi connectivity index (χ3v) is 5.37. The average Bonchev–Trinajstić information content (AvgIpc) is 2.85. The number of esters is 1. The third kappa shape index (κ3) is 6.70. The number of carbonyl (C=O) groups is 3. The SMILES string of the molecule is COc1ccccc1CNC(=O)COC(=O)C1CCN(C(=O)/C=C/c2ccccc2)CC1. The Labute approximate surface area is 188 Å². The highest BCUT2D eigenvalue weighted by Crippen LogP contribution is 2.19. The van der Waals surface area contributed by atoms with Gasteiger partial charge in [-0.25, -0.2) is 0 Å². The number of methoxy groups -OCH3 is 1. The van der Waals surface area contributed by atoms with Crippen LogP contribution in [0.4, 0.5) is 0 Å². The van der Waals surface area contributed by atoms with E-state index in [2.05, 4.69) is 5.32 Å². The molecule has 2 aromatic rings. The summed E-state index contributed by atoms with van der Waals surface area (Å²) in [6.45, 7) is 0.930. The number of carbonyl (C=O) groups excluding carboxylic acids is 3. The van der Waals surface area contributed by atoms with Crippen molar-refractivity contribution in [3.05, 3.63) is 71.8 Å². The molecule has 0 bridgehead atoms. The van der Waals surface area contributed by atoms with Gasteiger partial charge in [0.1, 0.15) is 5.75 Å². The molecule has 0 radical (unpaired) electrons. The maximum absolute atomic E-state index is 12.4. The molecule has 0 saturated carbocycles. The number of benzene rings is 2. The molecule has 3 rings (SSSR count). The van der Waals surface area contributed by atoms with E-state index in [0.29, 0.717) is 31.7 Å². The summed E-state index contributed by atoms with van der Waals surface area (Å²) in [6, 6.07) is 17.0. The highest BCUT2D eigenvalue weighted by molar-refractivity contribution is 5.92. The van der Waals surface area contributed by atoms with E-state index < -0.39 is 5.97 Å². The standard InChI is InChI=1S/C25H28N2O5/c1-31-22-10-6-5-9-21(22)17-26-23(28)18-32-25(30)20-13-15-27(16-14-20)24(29)12-11-19-7-3-2-4-8-19/h2-12,20H,13-18H2,1H3,(H,26,28)/b12-11+. The van der Waals surface area contributed by atoms with Gasteiger partial charge in [0, 0.05) is 31.3 Å². The molecule has 1 aliphatic rings. The molecular weight excluding hydrogens is 408 g/mol. The summed E-state index contributed by atoms with van der Waals surface area (Å²) in [5, 5.41) is 2.72. The van der Waals surface area contributed by atoms with E-state index >= 15 is 0 Å². The lowest BCUT2D eigenvalue weighted by molar-refractivity contribution is -0.154. The first-order valence-electron chi connectivity index (χ1n) is 10.6. The van der Waals surface area contributed by atoms with Crippen LogP contribution in [0.15, 0.2) is 60.7 Å². The van der Waals surface area contributed by atoms with Gasteiger partial charge in [0.2, 0.25) is 5.91 Å². The smallest absolute Gasteiger partial charge is 0.309 e. The van der Waals surface area contributed by atoms with E-state index in [9.17, 15) is 14.4 Å². The van der Waals surface area contributed by atoms with Crippen LogP contribution < -0.4 is 10.1 Å². The number of ether oxygens (including phenoxy) is 2. The number of piperidine rings is 1. The number of likely N-dealkylation sites (tertiary alicyclic amines) is 1. The second-order valence-electron chi connectivity index (χ2n) is 7.54. The van der Waals surface area contributed by atoms with Gasteiger partial charge in [-0.3, -0.25) is 14.4 Å². The number of nitrogens with one attached hydrogen (secondary N) is 1. The molecule has 168 valence electrons. The van der Waals surface area contributed by atoms with E-state index in [1.54, 1.807) is 24.2 Å². The van der Waals surface area contributed by atoms with Crippen LogP contribution in [-0.2, 0) is 25.7 Å². The Kier molecular flexibility index (Phi) is 8.43. The molecule has 0 atom stereocenters. The minimum atomic E-state index is -0.399. The summed E-state index contributed by atoms with van der Waals surface area (Å²) in [4.78, 5) is 38.5. The van der Waals surface area contributed by atoms with Crippen LogP contribution in [0.3, 0.4) is 0 Å². The number of amides is 2. The van der Waals surface area contributed by atoms with Crippen molar-refractivity contribution < 1.29 is 23.9 Å². The van der Waals surface area contributed by atoms with Crippen molar-refractivity contribution >= 4 is 23.9 Å². The van der Waals surface area contributed by atoms with Gasteiger partial charge in [-0.15, -0.1) is 0 Å². The maximum Gasteiger partial charge on any atom is 0.309 e. The Morgan fingerprint density at radius 3 is 2.44 bits per heavy atom. The van der Waals surface area contributed by atoms with Crippen molar-refractivity contribution in [3.63, 3.8) is 0 Å². The first-order chi connectivity index (χ1) is 15.6. The quantitative estimate of drug-likeness (QED) is 0.508. The normalized spacial score (nSPS) is 14.2. The number of hydrogen-bond donors (Lipinski definition) is 1. The van der Waals surface area contributed by atoms with Gasteiger partial charge in [0.05, 0.1) is 13.0 Å². The second kappa shape index (κ2) is 11.7. The lowest BCUT2D eigenvalue weighted by atomic mass is 9.97. The number of hydrogen-bond acceptors (Lipinski definition) is 5. The molecule has 2 aromatic carbocycles. The Morgan fingerprint density at radius 2 is 1.72 bits per heavy atom. The van der Waals surface area contributed by atoms with E-state index in [-0.39, 0.29) is 30.9 Å². The van der Waals surface area contributed by atoms with Crippen molar-refractivity contribution in [1.82, 2.24) is 10.2 Å². The molecule has 7 nitrogen and oxygen atoms in total. The summed E-state index contributed by atoms with van der Waals surface area (Å²) in [7, 11) is 1.57. The second-order valence-corrected chi connectivity index (χ2v) is 7.54. The number of rotatable bonds is 8. The first kappa shape index (κ1) is 23.1. The molecule has 1 aliphatic heterocycles. The summed E-state index contributed by atoms with van der Waals surface area (Å²) in [5.41, 5.74) is 1.80. The predicted octanol–water partition coefficient (Wildman–Crippen LogP) is 2.81. The molecule has 2 amide bonds. The van der Waals surface area contributed by atoms with Crippen LogP contribution in [0, 0.1) is 5.92 Å². The highest BCUT2D eigenvalue weighted by Gasteiger charge is 2.28. The molecule has 1 saturated heterocycles. The van der Waals surface area contributed by atoms with Crippen LogP contribution in [0.5, 0.6) is 5.75 Å². The zero-order valence-corrected chi connectivity index (χ0v) is 18.2. The van der Waals surface area contributed by atoms with Crippen LogP contribution in [0.25, 0.3) is 6.08 Å². The number of nitrogens with zero attached hydrogens (tertiary/aromatic N) is 1. The van der Waals surface area contributed by atoms with Gasteiger partial charge in [-0.2, -0.15) is 0 Å². The van der Waals surface area contributed by atoms with Crippen LogP contribution in [0.1, 0.15) is 24.0 Å². The summed E-state index contributed by atoms with van der Waals surface area (Å²) in [5.74, 6) is -0.465. The molecular formula is C25H28N2O5. The van der Waals surface area contributed by atoms with E-state index in [0.717, 1.165) is 11.1 Å². The molecule has 32 heavy (non-hydrogen) atoms. The van der Waals surface area contributed by atoms with E-state index in [4.69, 9.17) is 9.47 Å². The lowest BCUT2D eigenvalue weighted by Crippen LogP contribution is -2.40. The van der Waals surface area contributed by atoms with E-state index in [1.165, 1.54) is 0 Å². The van der Waals surface area contributed by atoms with Crippen LogP contribution in [-0.4, -0.2) is 49.5 Å². The fraction of sp³-hybridized carbons (Fsp3) is 0.320. The van der Waals surface area contributed by atoms with Gasteiger partial charge in [-0.05, 0) is 30.5 Å². The largest absolute Gasteiger partial charge is 0.496 e. The lowest BCUT2D eigenvalue weighted by Gasteiger charge is -2.30. The van der Waals surface area contributed by atoms with Crippen molar-refractivity contribution in [3.8, 4) is 5.75 Å². The molecule has 7 heteroatoms. The van der Waals surface area contributed by atoms with Crippen molar-refractivity contribution in [1.29, 1.82) is 0 Å². The molecule has 0 unspecified atom stereocenters. The molecule has 1 heterocycles. The maximum atomic E-state index is 12.4. The Bertz CT molecular complexity index is 950. The monoisotopic (exact) mass is 436 g/mol. The van der Waals surface area contributed by atoms with Crippen molar-refractivity contribution in [2.45, 2.75) is 19.4 Å². The highest BCUT2D eigenvalue weighted by atomic mass is 16.5. The fourth-order valence-electron chi connectivity index (χ4n) is 3.52. The Balaban J connectivity index is 1.37. The predicted molar refractivity (Wildman–Crippen MR) is 121 cm³/mol. The minimum Gasteiger partial charge on any atom is -0.496 e. The Morgan fingerprint density at radius 1 is 1.03 bits per heavy atom. The third-order valence-electron chi connectivity index (χ3n) is 5.37. The topological polar surface area (TPSA) is 84.9 Å². The molecule has 0 aliphatic carbocycles. The van der Waals surface area contributed by atoms with Crippen molar-refractivity contribution in [2.75, 3.05) is 26.8 Å².